The molecule has 3 fully saturated rings. The molecule has 2 heterocycles. The van der Waals surface area contributed by atoms with E-state index in [0.29, 0.717) is 0 Å². The maximum atomic E-state index is 3.45. The van der Waals surface area contributed by atoms with Gasteiger partial charge in [-0.1, -0.05) is 0 Å². The summed E-state index contributed by atoms with van der Waals surface area (Å²) in [4.78, 5) is 5.21. The Labute approximate surface area is 99.2 Å². The van der Waals surface area contributed by atoms with Crippen molar-refractivity contribution in [3.8, 4) is 0 Å². The summed E-state index contributed by atoms with van der Waals surface area (Å²) in [6.07, 6.45) is 4.44. The van der Waals surface area contributed by atoms with Gasteiger partial charge in [0.2, 0.25) is 0 Å². The summed E-state index contributed by atoms with van der Waals surface area (Å²) in [7, 11) is 2.28. The van der Waals surface area contributed by atoms with Gasteiger partial charge in [0, 0.05) is 39.3 Å². The van der Waals surface area contributed by atoms with Crippen LogP contribution >= 0.6 is 0 Å². The SMILES string of the molecule is CN1CCC(C2(CN3CCNCC3)CC2)C1. The van der Waals surface area contributed by atoms with Crippen molar-refractivity contribution in [2.75, 3.05) is 52.9 Å². The molecule has 1 aliphatic carbocycles. The molecule has 92 valence electrons. The third-order valence-corrected chi connectivity index (χ3v) is 4.90. The number of nitrogens with one attached hydrogen (secondary N) is 1. The molecule has 2 aliphatic heterocycles. The van der Waals surface area contributed by atoms with Crippen LogP contribution in [0.1, 0.15) is 19.3 Å². The lowest BCUT2D eigenvalue weighted by Crippen LogP contribution is -2.46. The van der Waals surface area contributed by atoms with Crippen LogP contribution in [0.2, 0.25) is 0 Å². The van der Waals surface area contributed by atoms with Crippen molar-refractivity contribution >= 4 is 0 Å². The normalized spacial score (nSPS) is 35.4. The minimum atomic E-state index is 0.724. The minimum absolute atomic E-state index is 0.724. The van der Waals surface area contributed by atoms with Crippen LogP contribution < -0.4 is 5.32 Å². The monoisotopic (exact) mass is 223 g/mol. The molecule has 3 heteroatoms. The van der Waals surface area contributed by atoms with Crippen molar-refractivity contribution in [1.82, 2.24) is 15.1 Å². The summed E-state index contributed by atoms with van der Waals surface area (Å²) in [6.45, 7) is 8.99. The molecular weight excluding hydrogens is 198 g/mol. The van der Waals surface area contributed by atoms with Crippen molar-refractivity contribution < 1.29 is 0 Å². The first-order valence-corrected chi connectivity index (χ1v) is 6.90. The fraction of sp³-hybridized carbons (Fsp3) is 1.00. The maximum absolute atomic E-state index is 3.45. The summed E-state index contributed by atoms with van der Waals surface area (Å²) < 4.78 is 0. The molecule has 1 unspecified atom stereocenters. The fourth-order valence-corrected chi connectivity index (χ4v) is 3.61. The van der Waals surface area contributed by atoms with Crippen LogP contribution in [0.25, 0.3) is 0 Å². The molecule has 3 rings (SSSR count). The molecule has 0 bridgehead atoms. The number of nitrogens with zero attached hydrogens (tertiary/aromatic N) is 2. The number of hydrogen-bond acceptors (Lipinski definition) is 3. The number of hydrogen-bond donors (Lipinski definition) is 1. The molecule has 1 atom stereocenters. The molecule has 0 aromatic rings. The molecular formula is C13H25N3. The first kappa shape index (κ1) is 11.0. The molecule has 0 spiro atoms. The fourth-order valence-electron chi connectivity index (χ4n) is 3.61. The van der Waals surface area contributed by atoms with E-state index in [9.17, 15) is 0 Å². The second-order valence-corrected chi connectivity index (χ2v) is 6.14. The first-order chi connectivity index (χ1) is 7.78. The van der Waals surface area contributed by atoms with Crippen LogP contribution in [0, 0.1) is 11.3 Å². The molecule has 3 nitrogen and oxygen atoms in total. The Morgan fingerprint density at radius 1 is 1.19 bits per heavy atom. The van der Waals surface area contributed by atoms with E-state index in [1.807, 2.05) is 0 Å². The van der Waals surface area contributed by atoms with E-state index < -0.39 is 0 Å². The molecule has 0 amide bonds. The van der Waals surface area contributed by atoms with Crippen LogP contribution in [0.4, 0.5) is 0 Å². The van der Waals surface area contributed by atoms with Crippen LogP contribution in [-0.4, -0.2) is 62.7 Å². The topological polar surface area (TPSA) is 18.5 Å². The molecule has 3 aliphatic rings. The van der Waals surface area contributed by atoms with Gasteiger partial charge in [-0.3, -0.25) is 0 Å². The summed E-state index contributed by atoms with van der Waals surface area (Å²) >= 11 is 0. The van der Waals surface area contributed by atoms with Gasteiger partial charge < -0.3 is 15.1 Å². The average Bonchev–Trinajstić information content (AvgIpc) is 2.94. The second-order valence-electron chi connectivity index (χ2n) is 6.14. The Morgan fingerprint density at radius 2 is 1.94 bits per heavy atom. The summed E-state index contributed by atoms with van der Waals surface area (Å²) in [6, 6.07) is 0. The number of likely N-dealkylation sites (tertiary alicyclic amines) is 1. The van der Waals surface area contributed by atoms with Crippen LogP contribution in [0.3, 0.4) is 0 Å². The van der Waals surface area contributed by atoms with Crippen LogP contribution in [0.15, 0.2) is 0 Å². The number of rotatable bonds is 3. The molecule has 1 saturated carbocycles. The van der Waals surface area contributed by atoms with E-state index in [1.165, 1.54) is 65.1 Å². The largest absolute Gasteiger partial charge is 0.314 e. The summed E-state index contributed by atoms with van der Waals surface area (Å²) in [5, 5.41) is 3.45. The Hall–Kier alpha value is -0.120. The van der Waals surface area contributed by atoms with Crippen LogP contribution in [0.5, 0.6) is 0 Å². The maximum Gasteiger partial charge on any atom is 0.0108 e. The van der Waals surface area contributed by atoms with E-state index in [1.54, 1.807) is 0 Å². The van der Waals surface area contributed by atoms with Gasteiger partial charge in [-0.15, -0.1) is 0 Å². The third-order valence-electron chi connectivity index (χ3n) is 4.90. The second kappa shape index (κ2) is 4.28. The lowest BCUT2D eigenvalue weighted by atomic mass is 9.87. The molecule has 16 heavy (non-hydrogen) atoms. The molecule has 0 aromatic carbocycles. The van der Waals surface area contributed by atoms with Gasteiger partial charge in [0.05, 0.1) is 0 Å². The molecule has 0 radical (unpaired) electrons. The number of piperazine rings is 1. The Bertz CT molecular complexity index is 244. The van der Waals surface area contributed by atoms with Crippen molar-refractivity contribution in [1.29, 1.82) is 0 Å². The van der Waals surface area contributed by atoms with Gasteiger partial charge >= 0.3 is 0 Å². The predicted octanol–water partition coefficient (Wildman–Crippen LogP) is 0.623. The van der Waals surface area contributed by atoms with E-state index in [-0.39, 0.29) is 0 Å². The highest BCUT2D eigenvalue weighted by Gasteiger charge is 2.51. The predicted molar refractivity (Wildman–Crippen MR) is 66.6 cm³/mol. The smallest absolute Gasteiger partial charge is 0.0108 e. The molecule has 2 saturated heterocycles. The van der Waals surface area contributed by atoms with Crippen molar-refractivity contribution in [2.24, 2.45) is 11.3 Å². The first-order valence-electron chi connectivity index (χ1n) is 6.90. The van der Waals surface area contributed by atoms with Crippen molar-refractivity contribution in [3.63, 3.8) is 0 Å². The molecule has 1 N–H and O–H groups in total. The Morgan fingerprint density at radius 3 is 2.50 bits per heavy atom. The van der Waals surface area contributed by atoms with E-state index in [4.69, 9.17) is 0 Å². The minimum Gasteiger partial charge on any atom is -0.314 e. The van der Waals surface area contributed by atoms with Gasteiger partial charge in [0.25, 0.3) is 0 Å². The van der Waals surface area contributed by atoms with E-state index in [2.05, 4.69) is 22.2 Å². The quantitative estimate of drug-likeness (QED) is 0.757. The zero-order chi connectivity index (χ0) is 11.0. The molecule has 0 aromatic heterocycles. The van der Waals surface area contributed by atoms with Crippen molar-refractivity contribution in [2.45, 2.75) is 19.3 Å². The van der Waals surface area contributed by atoms with E-state index in [0.717, 1.165) is 11.3 Å². The lowest BCUT2D eigenvalue weighted by molar-refractivity contribution is 0.158. The van der Waals surface area contributed by atoms with Crippen molar-refractivity contribution in [3.05, 3.63) is 0 Å². The van der Waals surface area contributed by atoms with Gasteiger partial charge in [-0.2, -0.15) is 0 Å². The summed E-state index contributed by atoms with van der Waals surface area (Å²) in [5.41, 5.74) is 0.724. The highest BCUT2D eigenvalue weighted by Crippen LogP contribution is 2.55. The zero-order valence-corrected chi connectivity index (χ0v) is 10.5. The zero-order valence-electron chi connectivity index (χ0n) is 10.5. The third kappa shape index (κ3) is 2.13. The van der Waals surface area contributed by atoms with Gasteiger partial charge in [-0.25, -0.2) is 0 Å². The van der Waals surface area contributed by atoms with E-state index >= 15 is 0 Å². The summed E-state index contributed by atoms with van der Waals surface area (Å²) in [5.74, 6) is 0.993. The van der Waals surface area contributed by atoms with Crippen LogP contribution in [-0.2, 0) is 0 Å². The Kier molecular flexibility index (Phi) is 2.94. The standard InChI is InChI=1S/C13H25N3/c1-15-7-2-12(10-15)13(3-4-13)11-16-8-5-14-6-9-16/h12,14H,2-11H2,1H3. The lowest BCUT2D eigenvalue weighted by Gasteiger charge is -2.33. The highest BCUT2D eigenvalue weighted by atomic mass is 15.2. The van der Waals surface area contributed by atoms with Gasteiger partial charge in [0.1, 0.15) is 0 Å². The van der Waals surface area contributed by atoms with Gasteiger partial charge in [-0.05, 0) is 44.2 Å². The van der Waals surface area contributed by atoms with Gasteiger partial charge in [0.15, 0.2) is 0 Å². The average molecular weight is 223 g/mol. The highest BCUT2D eigenvalue weighted by molar-refractivity contribution is 5.03. The Balaban J connectivity index is 1.56.